The van der Waals surface area contributed by atoms with Gasteiger partial charge in [0.2, 0.25) is 15.9 Å². The highest BCUT2D eigenvalue weighted by molar-refractivity contribution is 7.89. The maximum Gasteiger partial charge on any atom is 0.328 e. The van der Waals surface area contributed by atoms with Crippen LogP contribution in [-0.2, 0) is 24.3 Å². The first-order valence-corrected chi connectivity index (χ1v) is 10.4. The molecule has 0 aliphatic carbocycles. The summed E-state index contributed by atoms with van der Waals surface area (Å²) < 4.78 is 44.6. The number of nitrogens with one attached hydrogen (secondary N) is 1. The summed E-state index contributed by atoms with van der Waals surface area (Å²) in [6, 6.07) is 2.48. The summed E-state index contributed by atoms with van der Waals surface area (Å²) in [5.41, 5.74) is 0. The van der Waals surface area contributed by atoms with Crippen LogP contribution in [0.25, 0.3) is 0 Å². The van der Waals surface area contributed by atoms with Gasteiger partial charge in [-0.05, 0) is 44.9 Å². The van der Waals surface area contributed by atoms with Crippen LogP contribution in [0.3, 0.4) is 0 Å². The molecule has 1 aliphatic heterocycles. The van der Waals surface area contributed by atoms with Crippen LogP contribution in [-0.4, -0.2) is 50.3 Å². The van der Waals surface area contributed by atoms with Gasteiger partial charge in [-0.3, -0.25) is 4.79 Å². The molecule has 2 rings (SSSR count). The number of nitrogens with zero attached hydrogens (tertiary/aromatic N) is 1. The lowest BCUT2D eigenvalue weighted by molar-refractivity contribution is -0.147. The van der Waals surface area contributed by atoms with Crippen molar-refractivity contribution in [1.82, 2.24) is 9.62 Å². The number of carbonyl (C=O) groups is 2. The van der Waals surface area contributed by atoms with Crippen molar-refractivity contribution < 1.29 is 27.1 Å². The van der Waals surface area contributed by atoms with E-state index in [0.29, 0.717) is 12.8 Å². The van der Waals surface area contributed by atoms with Crippen LogP contribution in [0.5, 0.6) is 0 Å². The van der Waals surface area contributed by atoms with Gasteiger partial charge >= 0.3 is 5.97 Å². The number of hydrogen-bond donors (Lipinski definition) is 1. The average Bonchev–Trinajstić information content (AvgIpc) is 2.64. The molecule has 0 saturated carbocycles. The van der Waals surface area contributed by atoms with Gasteiger partial charge in [0.15, 0.2) is 0 Å². The number of amides is 1. The summed E-state index contributed by atoms with van der Waals surface area (Å²) in [5, 5.41) is 2.33. The first-order chi connectivity index (χ1) is 12.7. The van der Waals surface area contributed by atoms with Gasteiger partial charge in [-0.15, -0.1) is 0 Å². The van der Waals surface area contributed by atoms with Crippen LogP contribution >= 0.6 is 11.6 Å². The van der Waals surface area contributed by atoms with E-state index in [9.17, 15) is 22.4 Å². The zero-order valence-electron chi connectivity index (χ0n) is 15.1. The van der Waals surface area contributed by atoms with Crippen LogP contribution in [0.2, 0.25) is 5.02 Å². The van der Waals surface area contributed by atoms with Crippen LogP contribution < -0.4 is 5.32 Å². The van der Waals surface area contributed by atoms with Crippen molar-refractivity contribution in [3.05, 3.63) is 29.0 Å². The van der Waals surface area contributed by atoms with E-state index in [4.69, 9.17) is 16.3 Å². The number of esters is 1. The Hall–Kier alpha value is -1.71. The van der Waals surface area contributed by atoms with E-state index in [1.165, 1.54) is 11.2 Å². The number of rotatable bonds is 6. The second kappa shape index (κ2) is 8.99. The molecule has 1 N–H and O–H groups in total. The Bertz CT molecular complexity index is 810. The van der Waals surface area contributed by atoms with E-state index in [1.807, 2.05) is 0 Å². The Morgan fingerprint density at radius 1 is 1.37 bits per heavy atom. The van der Waals surface area contributed by atoms with Crippen molar-refractivity contribution in [1.29, 1.82) is 0 Å². The highest BCUT2D eigenvalue weighted by atomic mass is 35.5. The van der Waals surface area contributed by atoms with Crippen molar-refractivity contribution in [2.45, 2.75) is 37.6 Å². The smallest absolute Gasteiger partial charge is 0.328 e. The Balaban J connectivity index is 1.97. The predicted octanol–water partition coefficient (Wildman–Crippen LogP) is 1.95. The minimum atomic E-state index is -3.82. The maximum atomic E-state index is 13.3. The molecule has 27 heavy (non-hydrogen) atoms. The molecule has 0 radical (unpaired) electrons. The monoisotopic (exact) mass is 420 g/mol. The van der Waals surface area contributed by atoms with Crippen LogP contribution in [0, 0.1) is 11.7 Å². The Morgan fingerprint density at radius 2 is 2.00 bits per heavy atom. The first kappa shape index (κ1) is 21.6. The fraction of sp³-hybridized carbons (Fsp3) is 0.529. The number of carbonyl (C=O) groups excluding carboxylic acids is 2. The molecule has 1 unspecified atom stereocenters. The molecular weight excluding hydrogens is 399 g/mol. The van der Waals surface area contributed by atoms with E-state index in [0.717, 1.165) is 18.2 Å². The normalized spacial score (nSPS) is 17.3. The minimum absolute atomic E-state index is 0.0901. The third kappa shape index (κ3) is 5.18. The van der Waals surface area contributed by atoms with Crippen LogP contribution in [0.4, 0.5) is 4.39 Å². The zero-order chi connectivity index (χ0) is 20.2. The molecule has 0 bridgehead atoms. The van der Waals surface area contributed by atoms with E-state index >= 15 is 0 Å². The Labute approximate surface area is 162 Å². The number of piperidine rings is 1. The van der Waals surface area contributed by atoms with Gasteiger partial charge < -0.3 is 10.1 Å². The molecule has 0 aromatic heterocycles. The summed E-state index contributed by atoms with van der Waals surface area (Å²) in [7, 11) is -3.82. The van der Waals surface area contributed by atoms with E-state index in [1.54, 1.807) is 6.92 Å². The number of ether oxygens (including phenoxy) is 1. The molecule has 1 saturated heterocycles. The van der Waals surface area contributed by atoms with Gasteiger partial charge in [0, 0.05) is 19.0 Å². The lowest BCUT2D eigenvalue weighted by Crippen LogP contribution is -2.46. The fourth-order valence-corrected chi connectivity index (χ4v) is 4.54. The van der Waals surface area contributed by atoms with Gasteiger partial charge in [0.05, 0.1) is 16.5 Å². The molecule has 1 aliphatic rings. The fourth-order valence-electron chi connectivity index (χ4n) is 2.80. The van der Waals surface area contributed by atoms with Crippen molar-refractivity contribution in [2.75, 3.05) is 19.7 Å². The first-order valence-electron chi connectivity index (χ1n) is 8.59. The average molecular weight is 421 g/mol. The van der Waals surface area contributed by atoms with E-state index < -0.39 is 33.8 Å². The number of sulfonamides is 1. The molecule has 150 valence electrons. The molecule has 1 fully saturated rings. The summed E-state index contributed by atoms with van der Waals surface area (Å²) in [4.78, 5) is 23.8. The van der Waals surface area contributed by atoms with Crippen molar-refractivity contribution in [3.8, 4) is 0 Å². The second-order valence-corrected chi connectivity index (χ2v) is 8.58. The Kier molecular flexibility index (Phi) is 7.19. The molecule has 1 heterocycles. The molecular formula is C17H22ClFN2O5S. The highest BCUT2D eigenvalue weighted by Crippen LogP contribution is 2.26. The number of benzene rings is 1. The third-order valence-corrected chi connectivity index (χ3v) is 6.54. The second-order valence-electron chi connectivity index (χ2n) is 6.24. The molecule has 1 aromatic rings. The van der Waals surface area contributed by atoms with E-state index in [-0.39, 0.29) is 35.5 Å². The largest absolute Gasteiger partial charge is 0.464 e. The quantitative estimate of drug-likeness (QED) is 0.710. The molecule has 10 heteroatoms. The standard InChI is InChI=1S/C17H22ClFN2O5S/c1-3-26-17(23)11(2)20-16(22)12-6-8-21(9-7-12)27(24,25)13-4-5-15(19)14(18)10-13/h4-5,10-12H,3,6-9H2,1-2H3,(H,20,22). The lowest BCUT2D eigenvalue weighted by atomic mass is 9.97. The summed E-state index contributed by atoms with van der Waals surface area (Å²) >= 11 is 5.67. The summed E-state index contributed by atoms with van der Waals surface area (Å²) in [6.45, 7) is 3.72. The topological polar surface area (TPSA) is 92.8 Å². The highest BCUT2D eigenvalue weighted by Gasteiger charge is 2.33. The molecule has 7 nitrogen and oxygen atoms in total. The predicted molar refractivity (Wildman–Crippen MR) is 97.1 cm³/mol. The van der Waals surface area contributed by atoms with Gasteiger partial charge in [0.25, 0.3) is 0 Å². The van der Waals surface area contributed by atoms with Gasteiger partial charge in [0.1, 0.15) is 11.9 Å². The minimum Gasteiger partial charge on any atom is -0.464 e. The van der Waals surface area contributed by atoms with Crippen LogP contribution in [0.15, 0.2) is 23.1 Å². The van der Waals surface area contributed by atoms with Crippen molar-refractivity contribution in [2.24, 2.45) is 5.92 Å². The summed E-state index contributed by atoms with van der Waals surface area (Å²) in [6.07, 6.45) is 0.630. The number of halogens is 2. The van der Waals surface area contributed by atoms with Gasteiger partial charge in [-0.25, -0.2) is 17.6 Å². The van der Waals surface area contributed by atoms with Crippen molar-refractivity contribution >= 4 is 33.5 Å². The maximum absolute atomic E-state index is 13.3. The molecule has 1 atom stereocenters. The van der Waals surface area contributed by atoms with E-state index in [2.05, 4.69) is 5.32 Å². The SMILES string of the molecule is CCOC(=O)C(C)NC(=O)C1CCN(S(=O)(=O)c2ccc(F)c(Cl)c2)CC1. The lowest BCUT2D eigenvalue weighted by Gasteiger charge is -2.31. The van der Waals surface area contributed by atoms with Gasteiger partial charge in [-0.2, -0.15) is 4.31 Å². The Morgan fingerprint density at radius 3 is 2.56 bits per heavy atom. The number of hydrogen-bond acceptors (Lipinski definition) is 5. The van der Waals surface area contributed by atoms with Crippen LogP contribution in [0.1, 0.15) is 26.7 Å². The zero-order valence-corrected chi connectivity index (χ0v) is 16.6. The summed E-state index contributed by atoms with van der Waals surface area (Å²) in [5.74, 6) is -1.91. The van der Waals surface area contributed by atoms with Crippen molar-refractivity contribution in [3.63, 3.8) is 0 Å². The third-order valence-electron chi connectivity index (χ3n) is 4.35. The molecule has 1 aromatic carbocycles. The van der Waals surface area contributed by atoms with Gasteiger partial charge in [-0.1, -0.05) is 11.6 Å². The molecule has 0 spiro atoms. The molecule has 1 amide bonds.